The van der Waals surface area contributed by atoms with Gasteiger partial charge in [0.05, 0.1) is 36.3 Å². The van der Waals surface area contributed by atoms with Gasteiger partial charge in [0, 0.05) is 13.1 Å². The number of anilines is 3. The van der Waals surface area contributed by atoms with E-state index in [4.69, 9.17) is 15.3 Å². The van der Waals surface area contributed by atoms with Gasteiger partial charge in [0.1, 0.15) is 6.07 Å². The van der Waals surface area contributed by atoms with Crippen molar-refractivity contribution < 1.29 is 9.13 Å². The molecular weight excluding hydrogens is 325 g/mol. The molecule has 3 rings (SSSR count). The van der Waals surface area contributed by atoms with Crippen molar-refractivity contribution in [2.45, 2.75) is 0 Å². The molecule has 0 bridgehead atoms. The van der Waals surface area contributed by atoms with Gasteiger partial charge in [0.25, 0.3) is 0 Å². The standard InChI is InChI=1S/C16H12FN7O/c1-20-13-5-14(23-24-10(7-19)8-21-16(13)24)22-12-4-9(6-18)3-11(17)15(12)25-2/h3-5,8,20H,1-2H3,(H,22,23). The molecule has 9 heteroatoms. The minimum absolute atomic E-state index is 0.0435. The van der Waals surface area contributed by atoms with Crippen molar-refractivity contribution in [2.24, 2.45) is 0 Å². The summed E-state index contributed by atoms with van der Waals surface area (Å²) in [6.45, 7) is 0. The summed E-state index contributed by atoms with van der Waals surface area (Å²) in [6, 6.07) is 8.07. The quantitative estimate of drug-likeness (QED) is 0.752. The van der Waals surface area contributed by atoms with Crippen molar-refractivity contribution in [3.05, 3.63) is 41.5 Å². The highest BCUT2D eigenvalue weighted by Gasteiger charge is 2.15. The van der Waals surface area contributed by atoms with Crippen LogP contribution in [0.15, 0.2) is 24.4 Å². The van der Waals surface area contributed by atoms with Gasteiger partial charge in [-0.25, -0.2) is 9.37 Å². The van der Waals surface area contributed by atoms with E-state index in [9.17, 15) is 4.39 Å². The summed E-state index contributed by atoms with van der Waals surface area (Å²) in [6.07, 6.45) is 1.41. The van der Waals surface area contributed by atoms with Crippen LogP contribution in [-0.4, -0.2) is 28.8 Å². The van der Waals surface area contributed by atoms with E-state index in [2.05, 4.69) is 20.7 Å². The predicted molar refractivity (Wildman–Crippen MR) is 88.2 cm³/mol. The maximum Gasteiger partial charge on any atom is 0.178 e. The second kappa shape index (κ2) is 6.34. The monoisotopic (exact) mass is 337 g/mol. The fourth-order valence-electron chi connectivity index (χ4n) is 2.39. The number of halogens is 1. The Balaban J connectivity index is 2.14. The Kier molecular flexibility index (Phi) is 4.06. The largest absolute Gasteiger partial charge is 0.492 e. The highest BCUT2D eigenvalue weighted by Crippen LogP contribution is 2.32. The maximum absolute atomic E-state index is 14.1. The summed E-state index contributed by atoms with van der Waals surface area (Å²) in [5, 5.41) is 28.4. The van der Waals surface area contributed by atoms with Gasteiger partial charge in [0.15, 0.2) is 28.7 Å². The highest BCUT2D eigenvalue weighted by atomic mass is 19.1. The van der Waals surface area contributed by atoms with E-state index >= 15 is 0 Å². The van der Waals surface area contributed by atoms with Crippen molar-refractivity contribution in [3.8, 4) is 17.9 Å². The summed E-state index contributed by atoms with van der Waals surface area (Å²) >= 11 is 0. The molecule has 0 fully saturated rings. The molecule has 0 saturated heterocycles. The number of ether oxygens (including phenoxy) is 1. The molecule has 0 aliphatic carbocycles. The van der Waals surface area contributed by atoms with Gasteiger partial charge in [-0.3, -0.25) is 0 Å². The van der Waals surface area contributed by atoms with Crippen LogP contribution in [-0.2, 0) is 0 Å². The summed E-state index contributed by atoms with van der Waals surface area (Å²) in [5.74, 6) is -0.392. The number of rotatable bonds is 4. The van der Waals surface area contributed by atoms with Crippen molar-refractivity contribution in [3.63, 3.8) is 0 Å². The van der Waals surface area contributed by atoms with Crippen molar-refractivity contribution in [2.75, 3.05) is 24.8 Å². The van der Waals surface area contributed by atoms with Crippen LogP contribution in [0.2, 0.25) is 0 Å². The van der Waals surface area contributed by atoms with Gasteiger partial charge >= 0.3 is 0 Å². The predicted octanol–water partition coefficient (Wildman–Crippen LogP) is 2.41. The number of hydrogen-bond donors (Lipinski definition) is 2. The second-order valence-corrected chi connectivity index (χ2v) is 4.96. The Labute approximate surface area is 142 Å². The maximum atomic E-state index is 14.1. The molecule has 124 valence electrons. The lowest BCUT2D eigenvalue weighted by molar-refractivity contribution is 0.388. The minimum atomic E-state index is -0.667. The first-order valence-electron chi connectivity index (χ1n) is 7.12. The van der Waals surface area contributed by atoms with E-state index in [-0.39, 0.29) is 22.7 Å². The van der Waals surface area contributed by atoms with Crippen LogP contribution >= 0.6 is 0 Å². The molecule has 2 N–H and O–H groups in total. The number of fused-ring (bicyclic) bond motifs is 1. The number of methoxy groups -OCH3 is 1. The molecular formula is C16H12FN7O. The summed E-state index contributed by atoms with van der Waals surface area (Å²) in [5.41, 5.74) is 1.73. The lowest BCUT2D eigenvalue weighted by atomic mass is 10.2. The van der Waals surface area contributed by atoms with E-state index in [0.29, 0.717) is 17.2 Å². The number of aromatic nitrogens is 3. The van der Waals surface area contributed by atoms with Crippen LogP contribution in [0.3, 0.4) is 0 Å². The van der Waals surface area contributed by atoms with Gasteiger partial charge in [-0.05, 0) is 12.1 Å². The number of nitrogens with one attached hydrogen (secondary N) is 2. The fraction of sp³-hybridized carbons (Fsp3) is 0.125. The van der Waals surface area contributed by atoms with Gasteiger partial charge < -0.3 is 15.4 Å². The molecule has 25 heavy (non-hydrogen) atoms. The van der Waals surface area contributed by atoms with Gasteiger partial charge in [0.2, 0.25) is 0 Å². The molecule has 2 heterocycles. The fourth-order valence-corrected chi connectivity index (χ4v) is 2.39. The molecule has 1 aromatic carbocycles. The van der Waals surface area contributed by atoms with E-state index in [1.165, 1.54) is 23.9 Å². The molecule has 0 saturated carbocycles. The third kappa shape index (κ3) is 2.75. The van der Waals surface area contributed by atoms with E-state index < -0.39 is 5.82 Å². The zero-order valence-electron chi connectivity index (χ0n) is 13.3. The van der Waals surface area contributed by atoms with Crippen LogP contribution in [0.4, 0.5) is 21.6 Å². The Morgan fingerprint density at radius 2 is 2.00 bits per heavy atom. The highest BCUT2D eigenvalue weighted by molar-refractivity contribution is 5.74. The number of nitrogens with zero attached hydrogens (tertiary/aromatic N) is 5. The molecule has 0 unspecified atom stereocenters. The van der Waals surface area contributed by atoms with Crippen molar-refractivity contribution >= 4 is 22.8 Å². The normalized spacial score (nSPS) is 10.1. The van der Waals surface area contributed by atoms with Gasteiger partial charge in [-0.1, -0.05) is 0 Å². The Hall–Kier alpha value is -3.85. The molecule has 0 aliphatic rings. The molecule has 0 aliphatic heterocycles. The molecule has 0 radical (unpaired) electrons. The molecule has 3 aromatic rings. The first-order chi connectivity index (χ1) is 12.1. The van der Waals surface area contributed by atoms with Crippen molar-refractivity contribution in [1.29, 1.82) is 10.5 Å². The van der Waals surface area contributed by atoms with Crippen LogP contribution < -0.4 is 15.4 Å². The molecule has 8 nitrogen and oxygen atoms in total. The number of nitriles is 2. The van der Waals surface area contributed by atoms with Crippen LogP contribution in [0, 0.1) is 28.5 Å². The van der Waals surface area contributed by atoms with Crippen molar-refractivity contribution in [1.82, 2.24) is 14.6 Å². The Morgan fingerprint density at radius 3 is 2.64 bits per heavy atom. The van der Waals surface area contributed by atoms with E-state index in [1.54, 1.807) is 13.1 Å². The Morgan fingerprint density at radius 1 is 1.20 bits per heavy atom. The second-order valence-electron chi connectivity index (χ2n) is 4.96. The van der Waals surface area contributed by atoms with Gasteiger partial charge in [-0.15, -0.1) is 5.10 Å². The number of imidazole rings is 1. The molecule has 2 aromatic heterocycles. The smallest absolute Gasteiger partial charge is 0.178 e. The first-order valence-corrected chi connectivity index (χ1v) is 7.12. The average Bonchev–Trinajstić information content (AvgIpc) is 3.03. The topological polar surface area (TPSA) is 111 Å². The SMILES string of the molecule is CNc1cc(Nc2cc(C#N)cc(F)c2OC)nn2c(C#N)cnc12. The average molecular weight is 337 g/mol. The van der Waals surface area contributed by atoms with Crippen LogP contribution in [0.25, 0.3) is 5.65 Å². The summed E-state index contributed by atoms with van der Waals surface area (Å²) in [4.78, 5) is 4.14. The van der Waals surface area contributed by atoms with E-state index in [0.717, 1.165) is 6.07 Å². The summed E-state index contributed by atoms with van der Waals surface area (Å²) < 4.78 is 20.5. The zero-order valence-corrected chi connectivity index (χ0v) is 13.3. The van der Waals surface area contributed by atoms with Crippen LogP contribution in [0.1, 0.15) is 11.3 Å². The lowest BCUT2D eigenvalue weighted by Gasteiger charge is -2.13. The third-order valence-corrected chi connectivity index (χ3v) is 3.49. The van der Waals surface area contributed by atoms with E-state index in [1.807, 2.05) is 12.1 Å². The lowest BCUT2D eigenvalue weighted by Crippen LogP contribution is -2.05. The molecule has 0 amide bonds. The first kappa shape index (κ1) is 16.0. The van der Waals surface area contributed by atoms with Gasteiger partial charge in [-0.2, -0.15) is 15.0 Å². The summed E-state index contributed by atoms with van der Waals surface area (Å²) in [7, 11) is 3.03. The Bertz CT molecular complexity index is 1050. The number of benzene rings is 1. The molecule has 0 atom stereocenters. The minimum Gasteiger partial charge on any atom is -0.492 e. The molecule has 0 spiro atoms. The number of hydrogen-bond acceptors (Lipinski definition) is 7. The van der Waals surface area contributed by atoms with Crippen LogP contribution in [0.5, 0.6) is 5.75 Å². The third-order valence-electron chi connectivity index (χ3n) is 3.49. The zero-order chi connectivity index (χ0) is 18.0.